The molecule has 1 rings (SSSR count). The zero-order valence-electron chi connectivity index (χ0n) is 7.71. The molecule has 0 bridgehead atoms. The monoisotopic (exact) mass is 231 g/mol. The summed E-state index contributed by atoms with van der Waals surface area (Å²) in [5.41, 5.74) is 0. The van der Waals surface area contributed by atoms with E-state index in [4.69, 9.17) is 0 Å². The summed E-state index contributed by atoms with van der Waals surface area (Å²) < 4.78 is 59.0. The number of hydrogen-bond acceptors (Lipinski definition) is 2. The van der Waals surface area contributed by atoms with Crippen LogP contribution in [0.2, 0.25) is 0 Å². The summed E-state index contributed by atoms with van der Waals surface area (Å²) in [5.74, 6) is -1.59. The number of alkyl halides is 3. The molecule has 0 aromatic heterocycles. The van der Waals surface area contributed by atoms with Gasteiger partial charge >= 0.3 is 6.18 Å². The van der Waals surface area contributed by atoms with Crippen LogP contribution in [0, 0.1) is 5.92 Å². The molecule has 1 aliphatic heterocycles. The summed E-state index contributed by atoms with van der Waals surface area (Å²) in [7, 11) is -4.14. The third kappa shape index (κ3) is 3.13. The smallest absolute Gasteiger partial charge is 0.212 e. The average Bonchev–Trinajstić information content (AvgIpc) is 2.29. The topological polar surface area (TPSA) is 37.4 Å². The minimum absolute atomic E-state index is 0.151. The maximum absolute atomic E-state index is 11.9. The average molecular weight is 231 g/mol. The van der Waals surface area contributed by atoms with Gasteiger partial charge in [-0.05, 0) is 12.3 Å². The molecule has 84 valence electrons. The molecule has 0 aromatic carbocycles. The summed E-state index contributed by atoms with van der Waals surface area (Å²) in [5, 5.41) is 0. The number of nitrogens with zero attached hydrogens (tertiary/aromatic N) is 1. The van der Waals surface area contributed by atoms with Crippen LogP contribution in [-0.2, 0) is 10.0 Å². The van der Waals surface area contributed by atoms with Crippen molar-refractivity contribution in [2.24, 2.45) is 5.92 Å². The maximum atomic E-state index is 11.9. The van der Waals surface area contributed by atoms with Gasteiger partial charge in [0.05, 0.1) is 0 Å². The highest BCUT2D eigenvalue weighted by Crippen LogP contribution is 2.24. The normalized spacial score (nSPS) is 25.6. The second-order valence-corrected chi connectivity index (χ2v) is 5.59. The fourth-order valence-electron chi connectivity index (χ4n) is 1.45. The van der Waals surface area contributed by atoms with Crippen LogP contribution in [0.1, 0.15) is 13.3 Å². The molecule has 0 spiro atoms. The summed E-state index contributed by atoms with van der Waals surface area (Å²) in [6.45, 7) is 2.24. The molecule has 0 saturated carbocycles. The van der Waals surface area contributed by atoms with E-state index in [1.807, 2.05) is 6.92 Å². The van der Waals surface area contributed by atoms with Gasteiger partial charge in [0.15, 0.2) is 5.75 Å². The second kappa shape index (κ2) is 3.69. The SMILES string of the molecule is C[C@H]1CCN(S(=O)(=O)CC(F)(F)F)C1. The minimum atomic E-state index is -4.65. The van der Waals surface area contributed by atoms with Crippen LogP contribution in [0.4, 0.5) is 13.2 Å². The molecule has 0 radical (unpaired) electrons. The fraction of sp³-hybridized carbons (Fsp3) is 1.00. The molecule has 1 atom stereocenters. The first-order valence-electron chi connectivity index (χ1n) is 4.25. The van der Waals surface area contributed by atoms with E-state index in [1.165, 1.54) is 0 Å². The van der Waals surface area contributed by atoms with Crippen LogP contribution in [0.5, 0.6) is 0 Å². The Morgan fingerprint density at radius 2 is 2.00 bits per heavy atom. The summed E-state index contributed by atoms with van der Waals surface area (Å²) in [6, 6.07) is 0. The highest BCUT2D eigenvalue weighted by Gasteiger charge is 2.40. The van der Waals surface area contributed by atoms with Crippen LogP contribution < -0.4 is 0 Å². The standard InChI is InChI=1S/C7H12F3NO2S/c1-6-2-3-11(4-6)14(12,13)5-7(8,9)10/h6H,2-5H2,1H3/t6-/m0/s1. The third-order valence-corrected chi connectivity index (χ3v) is 3.94. The lowest BCUT2D eigenvalue weighted by molar-refractivity contribution is -0.107. The molecule has 7 heteroatoms. The second-order valence-electron chi connectivity index (χ2n) is 3.62. The number of hydrogen-bond donors (Lipinski definition) is 0. The first-order chi connectivity index (χ1) is 6.21. The van der Waals surface area contributed by atoms with E-state index in [0.717, 1.165) is 4.31 Å². The van der Waals surface area contributed by atoms with Crippen molar-refractivity contribution in [3.05, 3.63) is 0 Å². The lowest BCUT2D eigenvalue weighted by Crippen LogP contribution is -2.36. The van der Waals surface area contributed by atoms with Crippen LogP contribution in [0.25, 0.3) is 0 Å². The van der Waals surface area contributed by atoms with Gasteiger partial charge in [-0.3, -0.25) is 0 Å². The van der Waals surface area contributed by atoms with Crippen molar-refractivity contribution in [3.8, 4) is 0 Å². The van der Waals surface area contributed by atoms with Crippen molar-refractivity contribution >= 4 is 10.0 Å². The van der Waals surface area contributed by atoms with Gasteiger partial charge in [0.2, 0.25) is 10.0 Å². The van der Waals surface area contributed by atoms with Crippen LogP contribution in [-0.4, -0.2) is 37.7 Å². The Morgan fingerprint density at radius 3 is 2.36 bits per heavy atom. The molecule has 1 aliphatic rings. The molecule has 1 fully saturated rings. The van der Waals surface area contributed by atoms with Gasteiger partial charge in [-0.1, -0.05) is 6.92 Å². The van der Waals surface area contributed by atoms with E-state index >= 15 is 0 Å². The maximum Gasteiger partial charge on any atom is 0.404 e. The zero-order chi connectivity index (χ0) is 11.0. The van der Waals surface area contributed by atoms with Crippen LogP contribution in [0.3, 0.4) is 0 Å². The van der Waals surface area contributed by atoms with Gasteiger partial charge in [0, 0.05) is 13.1 Å². The van der Waals surface area contributed by atoms with E-state index in [-0.39, 0.29) is 19.0 Å². The number of rotatable bonds is 2. The van der Waals surface area contributed by atoms with Crippen molar-refractivity contribution in [2.45, 2.75) is 19.5 Å². The van der Waals surface area contributed by atoms with E-state index < -0.39 is 22.0 Å². The van der Waals surface area contributed by atoms with E-state index in [0.29, 0.717) is 6.42 Å². The molecule has 1 heterocycles. The molecular weight excluding hydrogens is 219 g/mol. The van der Waals surface area contributed by atoms with Gasteiger partial charge in [-0.2, -0.15) is 13.2 Å². The Hall–Kier alpha value is -0.300. The lowest BCUT2D eigenvalue weighted by atomic mass is 10.2. The highest BCUT2D eigenvalue weighted by molar-refractivity contribution is 7.89. The lowest BCUT2D eigenvalue weighted by Gasteiger charge is -2.16. The van der Waals surface area contributed by atoms with Crippen molar-refractivity contribution in [1.29, 1.82) is 0 Å². The predicted octanol–water partition coefficient (Wildman–Crippen LogP) is 1.22. The number of sulfonamides is 1. The largest absolute Gasteiger partial charge is 0.404 e. The van der Waals surface area contributed by atoms with Gasteiger partial charge in [0.25, 0.3) is 0 Å². The fourth-order valence-corrected chi connectivity index (χ4v) is 2.91. The molecule has 3 nitrogen and oxygen atoms in total. The molecule has 0 N–H and O–H groups in total. The van der Waals surface area contributed by atoms with Gasteiger partial charge in [-0.15, -0.1) is 0 Å². The van der Waals surface area contributed by atoms with Crippen molar-refractivity contribution in [3.63, 3.8) is 0 Å². The molecular formula is C7H12F3NO2S. The third-order valence-electron chi connectivity index (χ3n) is 2.13. The molecule has 0 amide bonds. The summed E-state index contributed by atoms with van der Waals surface area (Å²) in [4.78, 5) is 0. The van der Waals surface area contributed by atoms with E-state index in [2.05, 4.69) is 0 Å². The van der Waals surface area contributed by atoms with Crippen molar-refractivity contribution in [1.82, 2.24) is 4.31 Å². The Morgan fingerprint density at radius 1 is 1.43 bits per heavy atom. The Kier molecular flexibility index (Phi) is 3.10. The molecule has 0 aliphatic carbocycles. The Bertz CT molecular complexity index is 299. The van der Waals surface area contributed by atoms with Crippen molar-refractivity contribution < 1.29 is 21.6 Å². The molecule has 0 aromatic rings. The molecule has 14 heavy (non-hydrogen) atoms. The van der Waals surface area contributed by atoms with Crippen molar-refractivity contribution in [2.75, 3.05) is 18.8 Å². The Labute approximate surface area is 80.9 Å². The van der Waals surface area contributed by atoms with Crippen LogP contribution in [0.15, 0.2) is 0 Å². The first kappa shape index (κ1) is 11.8. The summed E-state index contributed by atoms with van der Waals surface area (Å²) in [6.07, 6.45) is -4.01. The quantitative estimate of drug-likeness (QED) is 0.716. The van der Waals surface area contributed by atoms with E-state index in [1.54, 1.807) is 0 Å². The highest BCUT2D eigenvalue weighted by atomic mass is 32.2. The van der Waals surface area contributed by atoms with Gasteiger partial charge in [-0.25, -0.2) is 12.7 Å². The van der Waals surface area contributed by atoms with Gasteiger partial charge in [0.1, 0.15) is 0 Å². The first-order valence-corrected chi connectivity index (χ1v) is 5.86. The zero-order valence-corrected chi connectivity index (χ0v) is 8.53. The molecule has 0 unspecified atom stereocenters. The van der Waals surface area contributed by atoms with E-state index in [9.17, 15) is 21.6 Å². The van der Waals surface area contributed by atoms with Crippen LogP contribution >= 0.6 is 0 Å². The van der Waals surface area contributed by atoms with Gasteiger partial charge < -0.3 is 0 Å². The molecule has 1 saturated heterocycles. The number of halogens is 3. The summed E-state index contributed by atoms with van der Waals surface area (Å²) >= 11 is 0. The Balaban J connectivity index is 2.67. The minimum Gasteiger partial charge on any atom is -0.212 e. The predicted molar refractivity (Wildman–Crippen MR) is 45.2 cm³/mol.